The minimum absolute atomic E-state index is 0.00848. The predicted octanol–water partition coefficient (Wildman–Crippen LogP) is 1.35. The molecular formula is C30H38FN5O6. The molecule has 1 aliphatic rings. The van der Waals surface area contributed by atoms with Crippen LogP contribution >= 0.6 is 0 Å². The number of hydrogen-bond donors (Lipinski definition) is 5. The molecule has 1 heterocycles. The first-order chi connectivity index (χ1) is 20.0. The van der Waals surface area contributed by atoms with Crippen LogP contribution < -0.4 is 31.7 Å². The Bertz CT molecular complexity index is 1270. The third-order valence-electron chi connectivity index (χ3n) is 6.92. The van der Waals surface area contributed by atoms with E-state index in [2.05, 4.69) is 21.3 Å². The van der Waals surface area contributed by atoms with E-state index in [1.165, 1.54) is 12.1 Å². The van der Waals surface area contributed by atoms with Gasteiger partial charge in [-0.3, -0.25) is 24.0 Å². The molecule has 2 aromatic rings. The summed E-state index contributed by atoms with van der Waals surface area (Å²) in [5, 5.41) is 11.0. The molecule has 2 aromatic carbocycles. The van der Waals surface area contributed by atoms with Crippen LogP contribution in [0.5, 0.6) is 5.75 Å². The van der Waals surface area contributed by atoms with Crippen LogP contribution in [0.3, 0.4) is 0 Å². The Kier molecular flexibility index (Phi) is 11.8. The van der Waals surface area contributed by atoms with Crippen molar-refractivity contribution in [2.45, 2.75) is 64.1 Å². The van der Waals surface area contributed by atoms with E-state index in [9.17, 15) is 28.4 Å². The Hall–Kier alpha value is -4.48. The van der Waals surface area contributed by atoms with E-state index in [0.717, 1.165) is 5.56 Å². The van der Waals surface area contributed by atoms with E-state index in [4.69, 9.17) is 10.5 Å². The third-order valence-corrected chi connectivity index (χ3v) is 6.92. The Morgan fingerprint density at radius 1 is 1.05 bits per heavy atom. The second kappa shape index (κ2) is 15.5. The van der Waals surface area contributed by atoms with E-state index in [0.29, 0.717) is 6.42 Å². The highest BCUT2D eigenvalue weighted by molar-refractivity contribution is 6.00. The zero-order valence-corrected chi connectivity index (χ0v) is 23.8. The van der Waals surface area contributed by atoms with Gasteiger partial charge in [0.05, 0.1) is 11.6 Å². The Balaban J connectivity index is 1.83. The van der Waals surface area contributed by atoms with Crippen LogP contribution in [0.4, 0.5) is 4.39 Å². The number of primary amides is 1. The van der Waals surface area contributed by atoms with E-state index < -0.39 is 47.7 Å². The van der Waals surface area contributed by atoms with Crippen molar-refractivity contribution >= 4 is 29.5 Å². The molecule has 0 bridgehead atoms. The summed E-state index contributed by atoms with van der Waals surface area (Å²) < 4.78 is 19.2. The second-order valence-corrected chi connectivity index (χ2v) is 10.5. The molecule has 12 heteroatoms. The minimum Gasteiger partial charge on any atom is -0.491 e. The second-order valence-electron chi connectivity index (χ2n) is 10.5. The average molecular weight is 584 g/mol. The third kappa shape index (κ3) is 9.86. The van der Waals surface area contributed by atoms with Crippen LogP contribution in [0.15, 0.2) is 48.5 Å². The SMILES string of the molecule is CC(C)[C@H]1COc2ccccc2C(=O)N[C@H](C(=O)NCCc2ccc(F)cc2)CCC(=O)N[C@@H](CCC(N)=O)C(=O)N1. The van der Waals surface area contributed by atoms with E-state index in [-0.39, 0.29) is 61.9 Å². The van der Waals surface area contributed by atoms with Crippen molar-refractivity contribution in [3.8, 4) is 5.75 Å². The number of hydrogen-bond acceptors (Lipinski definition) is 6. The molecule has 6 N–H and O–H groups in total. The first kappa shape index (κ1) is 32.0. The van der Waals surface area contributed by atoms with Crippen LogP contribution in [0.25, 0.3) is 0 Å². The number of nitrogens with two attached hydrogens (primary N) is 1. The number of rotatable bonds is 8. The van der Waals surface area contributed by atoms with Crippen molar-refractivity contribution in [3.05, 3.63) is 65.5 Å². The quantitative estimate of drug-likeness (QED) is 0.314. The largest absolute Gasteiger partial charge is 0.491 e. The van der Waals surface area contributed by atoms with Crippen molar-refractivity contribution in [1.82, 2.24) is 21.3 Å². The number of amides is 5. The molecule has 42 heavy (non-hydrogen) atoms. The van der Waals surface area contributed by atoms with Crippen LogP contribution in [0, 0.1) is 11.7 Å². The molecule has 0 saturated heterocycles. The molecule has 0 aromatic heterocycles. The van der Waals surface area contributed by atoms with Crippen LogP contribution in [-0.4, -0.2) is 60.8 Å². The number of fused-ring (bicyclic) bond motifs is 1. The monoisotopic (exact) mass is 583 g/mol. The minimum atomic E-state index is -1.09. The topological polar surface area (TPSA) is 169 Å². The summed E-state index contributed by atoms with van der Waals surface area (Å²) in [6, 6.07) is 9.81. The van der Waals surface area contributed by atoms with Gasteiger partial charge in [-0.1, -0.05) is 38.1 Å². The van der Waals surface area contributed by atoms with Crippen molar-refractivity contribution < 1.29 is 33.1 Å². The number of carbonyl (C=O) groups is 5. The summed E-state index contributed by atoms with van der Waals surface area (Å²) >= 11 is 0. The highest BCUT2D eigenvalue weighted by atomic mass is 19.1. The lowest BCUT2D eigenvalue weighted by molar-refractivity contribution is -0.130. The number of carbonyl (C=O) groups excluding carboxylic acids is 5. The molecule has 1 aliphatic heterocycles. The van der Waals surface area contributed by atoms with E-state index in [1.807, 2.05) is 13.8 Å². The van der Waals surface area contributed by atoms with Crippen molar-refractivity contribution in [2.75, 3.05) is 13.2 Å². The van der Waals surface area contributed by atoms with Gasteiger partial charge >= 0.3 is 0 Å². The fourth-order valence-electron chi connectivity index (χ4n) is 4.35. The molecule has 0 saturated carbocycles. The normalized spacial score (nSPS) is 20.1. The summed E-state index contributed by atoms with van der Waals surface area (Å²) in [7, 11) is 0. The van der Waals surface area contributed by atoms with Gasteiger partial charge < -0.3 is 31.7 Å². The molecule has 0 aliphatic carbocycles. The lowest BCUT2D eigenvalue weighted by atomic mass is 10.0. The van der Waals surface area contributed by atoms with Gasteiger partial charge in [0.25, 0.3) is 5.91 Å². The van der Waals surface area contributed by atoms with Gasteiger partial charge in [0.15, 0.2) is 0 Å². The fraction of sp³-hybridized carbons (Fsp3) is 0.433. The van der Waals surface area contributed by atoms with Crippen LogP contribution in [0.1, 0.15) is 55.5 Å². The molecular weight excluding hydrogens is 545 g/mol. The smallest absolute Gasteiger partial charge is 0.255 e. The molecule has 3 atom stereocenters. The highest BCUT2D eigenvalue weighted by Crippen LogP contribution is 2.20. The number of ether oxygens (including phenoxy) is 1. The Labute approximate surface area is 244 Å². The predicted molar refractivity (Wildman–Crippen MR) is 153 cm³/mol. The number of para-hydroxylation sites is 1. The lowest BCUT2D eigenvalue weighted by Crippen LogP contribution is -2.52. The zero-order chi connectivity index (χ0) is 30.6. The fourth-order valence-corrected chi connectivity index (χ4v) is 4.35. The van der Waals surface area contributed by atoms with Crippen LogP contribution in [0.2, 0.25) is 0 Å². The van der Waals surface area contributed by atoms with Crippen molar-refractivity contribution in [3.63, 3.8) is 0 Å². The Morgan fingerprint density at radius 2 is 1.76 bits per heavy atom. The molecule has 11 nitrogen and oxygen atoms in total. The van der Waals surface area contributed by atoms with E-state index in [1.54, 1.807) is 36.4 Å². The van der Waals surface area contributed by atoms with Gasteiger partial charge in [-0.05, 0) is 55.0 Å². The number of halogens is 1. The summed E-state index contributed by atoms with van der Waals surface area (Å²) in [5.74, 6) is -2.90. The first-order valence-electron chi connectivity index (χ1n) is 14.0. The Morgan fingerprint density at radius 3 is 2.45 bits per heavy atom. The highest BCUT2D eigenvalue weighted by Gasteiger charge is 2.29. The molecule has 3 rings (SSSR count). The summed E-state index contributed by atoms with van der Waals surface area (Å²) in [5.41, 5.74) is 6.28. The maximum atomic E-state index is 13.3. The molecule has 0 unspecified atom stereocenters. The summed E-state index contributed by atoms with van der Waals surface area (Å²) in [6.07, 6.45) is 0.0386. The average Bonchev–Trinajstić information content (AvgIpc) is 2.95. The van der Waals surface area contributed by atoms with Gasteiger partial charge in [-0.25, -0.2) is 4.39 Å². The van der Waals surface area contributed by atoms with E-state index >= 15 is 0 Å². The van der Waals surface area contributed by atoms with Gasteiger partial charge in [-0.2, -0.15) is 0 Å². The molecule has 0 radical (unpaired) electrons. The zero-order valence-electron chi connectivity index (χ0n) is 23.8. The summed E-state index contributed by atoms with van der Waals surface area (Å²) in [6.45, 7) is 4.01. The van der Waals surface area contributed by atoms with Gasteiger partial charge in [0, 0.05) is 19.4 Å². The van der Waals surface area contributed by atoms with Crippen molar-refractivity contribution in [2.24, 2.45) is 11.7 Å². The number of benzene rings is 2. The molecule has 0 spiro atoms. The maximum absolute atomic E-state index is 13.3. The molecule has 0 fully saturated rings. The van der Waals surface area contributed by atoms with Crippen LogP contribution in [-0.2, 0) is 25.6 Å². The first-order valence-corrected chi connectivity index (χ1v) is 14.0. The number of nitrogens with one attached hydrogen (secondary N) is 4. The van der Waals surface area contributed by atoms with Gasteiger partial charge in [-0.15, -0.1) is 0 Å². The standard InChI is InChI=1S/C30H38FN5O6/c1-18(2)24-17-42-25-6-4-3-5-21(25)28(39)35-22(29(40)33-16-15-19-7-9-20(31)10-8-19)12-14-27(38)34-23(30(41)36-24)11-13-26(32)37/h3-10,18,22-24H,11-17H2,1-2H3,(H2,32,37)(H,33,40)(H,34,38)(H,35,39)(H,36,41)/t22-,23-,24+/m0/s1. The summed E-state index contributed by atoms with van der Waals surface area (Å²) in [4.78, 5) is 63.9. The maximum Gasteiger partial charge on any atom is 0.255 e. The lowest BCUT2D eigenvalue weighted by Gasteiger charge is -2.26. The van der Waals surface area contributed by atoms with Gasteiger partial charge in [0.2, 0.25) is 23.6 Å². The molecule has 5 amide bonds. The molecule has 226 valence electrons. The van der Waals surface area contributed by atoms with Crippen molar-refractivity contribution in [1.29, 1.82) is 0 Å². The van der Waals surface area contributed by atoms with Gasteiger partial charge in [0.1, 0.15) is 30.3 Å².